The number of rotatable bonds is 4. The number of aliphatic hydroxyl groups excluding tert-OH is 1. The van der Waals surface area contributed by atoms with Crippen molar-refractivity contribution in [1.29, 1.82) is 0 Å². The van der Waals surface area contributed by atoms with E-state index in [2.05, 4.69) is 5.32 Å². The van der Waals surface area contributed by atoms with Crippen molar-refractivity contribution in [2.45, 2.75) is 6.23 Å². The molecule has 2 aromatic rings. The van der Waals surface area contributed by atoms with Crippen LogP contribution in [-0.2, 0) is 0 Å². The summed E-state index contributed by atoms with van der Waals surface area (Å²) in [6, 6.07) is 11.7. The van der Waals surface area contributed by atoms with Gasteiger partial charge in [0.15, 0.2) is 6.23 Å². The summed E-state index contributed by atoms with van der Waals surface area (Å²) < 4.78 is 0. The lowest BCUT2D eigenvalue weighted by molar-refractivity contribution is 0.0610. The minimum atomic E-state index is -1.52. The number of thiophene rings is 1. The summed E-state index contributed by atoms with van der Waals surface area (Å²) in [6.45, 7) is 0. The minimum Gasteiger partial charge on any atom is -0.367 e. The minimum absolute atomic E-state index is 0.399. The average Bonchev–Trinajstić information content (AvgIpc) is 2.92. The fraction of sp³-hybridized carbons (Fsp3) is 0.0769. The third kappa shape index (κ3) is 2.82. The summed E-state index contributed by atoms with van der Waals surface area (Å²) in [6.07, 6.45) is -1.52. The van der Waals surface area contributed by atoms with Crippen LogP contribution in [0.1, 0.15) is 20.0 Å². The first kappa shape index (κ1) is 12.5. The van der Waals surface area contributed by atoms with E-state index in [9.17, 15) is 14.7 Å². The van der Waals surface area contributed by atoms with E-state index in [1.54, 1.807) is 47.8 Å². The third-order valence-electron chi connectivity index (χ3n) is 2.32. The molecule has 0 saturated carbocycles. The topological polar surface area (TPSA) is 66.4 Å². The lowest BCUT2D eigenvalue weighted by atomic mass is 10.2. The van der Waals surface area contributed by atoms with Gasteiger partial charge < -0.3 is 10.4 Å². The molecule has 0 fully saturated rings. The maximum absolute atomic E-state index is 11.7. The van der Waals surface area contributed by atoms with E-state index in [1.165, 1.54) is 11.3 Å². The maximum atomic E-state index is 11.7. The van der Waals surface area contributed by atoms with E-state index >= 15 is 0 Å². The van der Waals surface area contributed by atoms with Crippen molar-refractivity contribution in [1.82, 2.24) is 5.32 Å². The number of ketones is 1. The first-order chi connectivity index (χ1) is 8.68. The Morgan fingerprint density at radius 1 is 1.11 bits per heavy atom. The number of amides is 1. The zero-order chi connectivity index (χ0) is 13.0. The molecule has 0 spiro atoms. The van der Waals surface area contributed by atoms with E-state index < -0.39 is 17.9 Å². The standard InChI is InChI=1S/C13H11NO3S/c15-11(10-7-4-8-18-10)13(17)14-12(16)9-5-2-1-3-6-9/h1-8,13,17H,(H,14,16)/t13-/m0/s1. The van der Waals surface area contributed by atoms with Gasteiger partial charge >= 0.3 is 0 Å². The fourth-order valence-electron chi connectivity index (χ4n) is 1.42. The molecule has 1 heterocycles. The van der Waals surface area contributed by atoms with Crippen molar-refractivity contribution < 1.29 is 14.7 Å². The van der Waals surface area contributed by atoms with E-state index in [1.807, 2.05) is 0 Å². The van der Waals surface area contributed by atoms with Gasteiger partial charge in [-0.15, -0.1) is 11.3 Å². The van der Waals surface area contributed by atoms with Crippen LogP contribution in [0.3, 0.4) is 0 Å². The highest BCUT2D eigenvalue weighted by Gasteiger charge is 2.20. The Morgan fingerprint density at radius 2 is 1.83 bits per heavy atom. The fourth-order valence-corrected chi connectivity index (χ4v) is 2.10. The predicted octanol–water partition coefficient (Wildman–Crippen LogP) is 1.68. The summed E-state index contributed by atoms with van der Waals surface area (Å²) >= 11 is 1.22. The highest BCUT2D eigenvalue weighted by molar-refractivity contribution is 7.12. The molecule has 2 N–H and O–H groups in total. The number of benzene rings is 1. The molecule has 0 unspecified atom stereocenters. The molecular formula is C13H11NO3S. The zero-order valence-corrected chi connectivity index (χ0v) is 10.2. The molecule has 18 heavy (non-hydrogen) atoms. The van der Waals surface area contributed by atoms with Crippen LogP contribution in [0.25, 0.3) is 0 Å². The summed E-state index contributed by atoms with van der Waals surface area (Å²) in [5, 5.41) is 13.6. The van der Waals surface area contributed by atoms with Crippen LogP contribution in [0.4, 0.5) is 0 Å². The molecule has 0 bridgehead atoms. The monoisotopic (exact) mass is 261 g/mol. The van der Waals surface area contributed by atoms with Gasteiger partial charge in [0, 0.05) is 5.56 Å². The quantitative estimate of drug-likeness (QED) is 0.650. The van der Waals surface area contributed by atoms with Crippen molar-refractivity contribution in [2.75, 3.05) is 0 Å². The van der Waals surface area contributed by atoms with Crippen molar-refractivity contribution in [3.63, 3.8) is 0 Å². The lowest BCUT2D eigenvalue weighted by Gasteiger charge is -2.10. The number of nitrogens with one attached hydrogen (secondary N) is 1. The zero-order valence-electron chi connectivity index (χ0n) is 9.37. The number of hydrogen-bond acceptors (Lipinski definition) is 4. The van der Waals surface area contributed by atoms with Gasteiger partial charge in [0.25, 0.3) is 5.91 Å². The summed E-state index contributed by atoms with van der Waals surface area (Å²) in [5.41, 5.74) is 0.399. The van der Waals surface area contributed by atoms with E-state index in [4.69, 9.17) is 0 Å². The molecule has 0 saturated heterocycles. The van der Waals surface area contributed by atoms with Gasteiger partial charge in [-0.05, 0) is 23.6 Å². The Kier molecular flexibility index (Phi) is 3.86. The second kappa shape index (κ2) is 5.57. The van der Waals surface area contributed by atoms with E-state index in [-0.39, 0.29) is 0 Å². The number of carbonyl (C=O) groups is 2. The van der Waals surface area contributed by atoms with Crippen molar-refractivity contribution >= 4 is 23.0 Å². The highest BCUT2D eigenvalue weighted by Crippen LogP contribution is 2.11. The van der Waals surface area contributed by atoms with Crippen LogP contribution in [0.15, 0.2) is 47.8 Å². The Balaban J connectivity index is 2.02. The Hall–Kier alpha value is -1.98. The number of hydrogen-bond donors (Lipinski definition) is 2. The first-order valence-electron chi connectivity index (χ1n) is 5.30. The van der Waals surface area contributed by atoms with Crippen LogP contribution in [-0.4, -0.2) is 23.0 Å². The molecule has 5 heteroatoms. The third-order valence-corrected chi connectivity index (χ3v) is 3.20. The smallest absolute Gasteiger partial charge is 0.253 e. The molecule has 1 aromatic carbocycles. The van der Waals surface area contributed by atoms with Crippen molar-refractivity contribution in [2.24, 2.45) is 0 Å². The predicted molar refractivity (Wildman–Crippen MR) is 68.6 cm³/mol. The summed E-state index contributed by atoms with van der Waals surface area (Å²) in [4.78, 5) is 23.8. The largest absolute Gasteiger partial charge is 0.367 e. The Labute approximate surface area is 108 Å². The molecule has 4 nitrogen and oxygen atoms in total. The van der Waals surface area contributed by atoms with Crippen LogP contribution in [0.2, 0.25) is 0 Å². The highest BCUT2D eigenvalue weighted by atomic mass is 32.1. The number of aliphatic hydroxyl groups is 1. The second-order valence-corrected chi connectivity index (χ2v) is 4.53. The van der Waals surface area contributed by atoms with Crippen LogP contribution >= 0.6 is 11.3 Å². The SMILES string of the molecule is O=C(N[C@@H](O)C(=O)c1cccs1)c1ccccc1. The Morgan fingerprint density at radius 3 is 2.44 bits per heavy atom. The number of Topliss-reactive ketones (excluding diaryl/α,β-unsaturated/α-hetero) is 1. The van der Waals surface area contributed by atoms with E-state index in [0.29, 0.717) is 10.4 Å². The van der Waals surface area contributed by atoms with Gasteiger partial charge in [-0.3, -0.25) is 9.59 Å². The van der Waals surface area contributed by atoms with Gasteiger partial charge in [0.05, 0.1) is 4.88 Å². The molecular weight excluding hydrogens is 250 g/mol. The summed E-state index contributed by atoms with van der Waals surface area (Å²) in [5.74, 6) is -0.984. The normalized spacial score (nSPS) is 11.8. The Bertz CT molecular complexity index is 537. The molecule has 92 valence electrons. The second-order valence-electron chi connectivity index (χ2n) is 3.58. The first-order valence-corrected chi connectivity index (χ1v) is 6.18. The van der Waals surface area contributed by atoms with Gasteiger partial charge in [-0.1, -0.05) is 24.3 Å². The molecule has 0 aliphatic heterocycles. The average molecular weight is 261 g/mol. The maximum Gasteiger partial charge on any atom is 0.253 e. The van der Waals surface area contributed by atoms with Crippen molar-refractivity contribution in [3.05, 3.63) is 58.3 Å². The molecule has 1 atom stereocenters. The lowest BCUT2D eigenvalue weighted by Crippen LogP contribution is -2.40. The summed E-state index contributed by atoms with van der Waals surface area (Å²) in [7, 11) is 0. The van der Waals surface area contributed by atoms with Gasteiger partial charge in [-0.25, -0.2) is 0 Å². The molecule has 2 rings (SSSR count). The molecule has 0 aliphatic carbocycles. The van der Waals surface area contributed by atoms with Crippen LogP contribution in [0, 0.1) is 0 Å². The van der Waals surface area contributed by atoms with E-state index in [0.717, 1.165) is 0 Å². The molecule has 0 radical (unpaired) electrons. The van der Waals surface area contributed by atoms with Gasteiger partial charge in [0.2, 0.25) is 5.78 Å². The van der Waals surface area contributed by atoms with Crippen LogP contribution in [0.5, 0.6) is 0 Å². The molecule has 1 amide bonds. The molecule has 0 aliphatic rings. The van der Waals surface area contributed by atoms with Crippen molar-refractivity contribution in [3.8, 4) is 0 Å². The number of carbonyl (C=O) groups excluding carboxylic acids is 2. The van der Waals surface area contributed by atoms with Crippen LogP contribution < -0.4 is 5.32 Å². The van der Waals surface area contributed by atoms with Gasteiger partial charge in [0.1, 0.15) is 0 Å². The molecule has 1 aromatic heterocycles. The van der Waals surface area contributed by atoms with Gasteiger partial charge in [-0.2, -0.15) is 0 Å².